The number of hydrogen-bond acceptors (Lipinski definition) is 0. The van der Waals surface area contributed by atoms with E-state index in [0.717, 1.165) is 0 Å². The Hall–Kier alpha value is -0.350. The molecule has 0 amide bonds. The number of hydrogen-bond donors (Lipinski definition) is 0. The summed E-state index contributed by atoms with van der Waals surface area (Å²) < 4.78 is 56.3. The van der Waals surface area contributed by atoms with E-state index in [2.05, 4.69) is 0 Å². The summed E-state index contributed by atoms with van der Waals surface area (Å²) in [5.74, 6) is -4.19. The fraction of sp³-hybridized carbons (Fsp3) is 0.750. The van der Waals surface area contributed by atoms with E-state index in [1.165, 1.54) is 0 Å². The molecule has 0 aromatic rings. The Morgan fingerprint density at radius 3 is 1.44 bits per heavy atom. The van der Waals surface area contributed by atoms with Crippen LogP contribution < -0.4 is 0 Å². The van der Waals surface area contributed by atoms with Crippen molar-refractivity contribution in [1.29, 1.82) is 0 Å². The van der Waals surface area contributed by atoms with Gasteiger partial charge < -0.3 is 0 Å². The van der Waals surface area contributed by atoms with Crippen LogP contribution in [-0.2, 0) is 0 Å². The molecule has 0 spiro atoms. The van der Waals surface area contributed by atoms with Gasteiger partial charge in [0, 0.05) is 6.92 Å². The van der Waals surface area contributed by atoms with E-state index in [1.807, 2.05) is 6.92 Å². The fourth-order valence-corrected chi connectivity index (χ4v) is 0.184. The molecule has 9 heavy (non-hydrogen) atoms. The summed E-state index contributed by atoms with van der Waals surface area (Å²) in [6.07, 6.45) is -7.13. The van der Waals surface area contributed by atoms with Gasteiger partial charge in [-0.25, -0.2) is 22.0 Å². The van der Waals surface area contributed by atoms with Gasteiger partial charge in [0.15, 0.2) is 0 Å². The molecule has 0 N–H and O–H groups in total. The lowest BCUT2D eigenvalue weighted by molar-refractivity contribution is -0.0968. The highest BCUT2D eigenvalue weighted by Crippen LogP contribution is 2.24. The highest BCUT2D eigenvalue weighted by atomic mass is 19.3. The van der Waals surface area contributed by atoms with Gasteiger partial charge in [-0.05, 0) is 0 Å². The van der Waals surface area contributed by atoms with Crippen LogP contribution in [0.5, 0.6) is 0 Å². The van der Waals surface area contributed by atoms with Crippen LogP contribution >= 0.6 is 0 Å². The molecule has 0 nitrogen and oxygen atoms in total. The molecule has 0 saturated heterocycles. The summed E-state index contributed by atoms with van der Waals surface area (Å²) in [6, 6.07) is 0. The molecular weight excluding hydrogens is 143 g/mol. The summed E-state index contributed by atoms with van der Waals surface area (Å²) in [5.41, 5.74) is 0. The molecule has 0 aliphatic rings. The Morgan fingerprint density at radius 1 is 1.11 bits per heavy atom. The minimum atomic E-state index is -4.19. The first kappa shape index (κ1) is 8.65. The Labute approximate surface area is 48.7 Å². The first-order chi connectivity index (χ1) is 3.85. The van der Waals surface area contributed by atoms with Crippen LogP contribution in [0.1, 0.15) is 0 Å². The first-order valence-electron chi connectivity index (χ1n) is 2.01. The molecule has 0 fully saturated rings. The molecule has 1 unspecified atom stereocenters. The maximum absolute atomic E-state index is 11.5. The third-order valence-electron chi connectivity index (χ3n) is 0.625. The van der Waals surface area contributed by atoms with Gasteiger partial charge in [0.2, 0.25) is 6.17 Å². The molecule has 0 rings (SSSR count). The lowest BCUT2D eigenvalue weighted by Gasteiger charge is -2.13. The topological polar surface area (TPSA) is 0 Å². The van der Waals surface area contributed by atoms with E-state index in [0.29, 0.717) is 0 Å². The zero-order chi connectivity index (χ0) is 7.65. The standard InChI is InChI=1S/C4H4F5/c1-4(8,9)2(5)3(6)7/h2-3H,1H2. The smallest absolute Gasteiger partial charge is 0.234 e. The summed E-state index contributed by atoms with van der Waals surface area (Å²) in [6.45, 7) is 1.90. The van der Waals surface area contributed by atoms with Crippen LogP contribution in [0.2, 0.25) is 0 Å². The van der Waals surface area contributed by atoms with Crippen LogP contribution in [0.25, 0.3) is 0 Å². The number of rotatable bonds is 2. The van der Waals surface area contributed by atoms with Gasteiger partial charge in [-0.3, -0.25) is 0 Å². The second-order valence-corrected chi connectivity index (χ2v) is 1.50. The number of alkyl halides is 5. The molecule has 1 atom stereocenters. The zero-order valence-corrected chi connectivity index (χ0v) is 4.25. The van der Waals surface area contributed by atoms with E-state index in [9.17, 15) is 22.0 Å². The molecule has 0 aromatic carbocycles. The Morgan fingerprint density at radius 2 is 1.44 bits per heavy atom. The molecule has 0 aliphatic carbocycles. The molecule has 1 radical (unpaired) electrons. The zero-order valence-electron chi connectivity index (χ0n) is 4.25. The Bertz CT molecular complexity index is 83.4. The van der Waals surface area contributed by atoms with Gasteiger partial charge in [-0.1, -0.05) is 0 Å². The lowest BCUT2D eigenvalue weighted by atomic mass is 10.2. The molecule has 5 heteroatoms. The van der Waals surface area contributed by atoms with Gasteiger partial charge in [0.05, 0.1) is 0 Å². The van der Waals surface area contributed by atoms with E-state index < -0.39 is 18.5 Å². The molecule has 55 valence electrons. The van der Waals surface area contributed by atoms with Crippen LogP contribution in [0, 0.1) is 6.92 Å². The summed E-state index contributed by atoms with van der Waals surface area (Å²) in [7, 11) is 0. The summed E-state index contributed by atoms with van der Waals surface area (Å²) >= 11 is 0. The van der Waals surface area contributed by atoms with Crippen molar-refractivity contribution in [2.45, 2.75) is 18.5 Å². The van der Waals surface area contributed by atoms with E-state index in [1.54, 1.807) is 0 Å². The normalized spacial score (nSPS) is 16.3. The second kappa shape index (κ2) is 2.49. The highest BCUT2D eigenvalue weighted by Gasteiger charge is 2.41. The molecule has 0 aromatic heterocycles. The lowest BCUT2D eigenvalue weighted by Crippen LogP contribution is -2.32. The number of halogens is 5. The second-order valence-electron chi connectivity index (χ2n) is 1.50. The average molecular weight is 147 g/mol. The van der Waals surface area contributed by atoms with Crippen LogP contribution in [0.4, 0.5) is 22.0 Å². The highest BCUT2D eigenvalue weighted by molar-refractivity contribution is 4.80. The summed E-state index contributed by atoms with van der Waals surface area (Å²) in [4.78, 5) is 0. The third-order valence-corrected chi connectivity index (χ3v) is 0.625. The quantitative estimate of drug-likeness (QED) is 0.524. The minimum absolute atomic E-state index is 1.90. The van der Waals surface area contributed by atoms with Crippen molar-refractivity contribution in [2.24, 2.45) is 0 Å². The van der Waals surface area contributed by atoms with Crippen molar-refractivity contribution >= 4 is 0 Å². The van der Waals surface area contributed by atoms with Crippen molar-refractivity contribution in [3.8, 4) is 0 Å². The molecule has 0 saturated carbocycles. The minimum Gasteiger partial charge on any atom is -0.234 e. The predicted octanol–water partition coefficient (Wildman–Crippen LogP) is 2.06. The van der Waals surface area contributed by atoms with E-state index in [4.69, 9.17) is 0 Å². The average Bonchev–Trinajstić information content (AvgIpc) is 1.62. The first-order valence-corrected chi connectivity index (χ1v) is 2.01. The molecule has 0 bridgehead atoms. The van der Waals surface area contributed by atoms with E-state index in [-0.39, 0.29) is 0 Å². The molecule has 0 heterocycles. The Kier molecular flexibility index (Phi) is 2.40. The van der Waals surface area contributed by atoms with Crippen molar-refractivity contribution in [3.05, 3.63) is 6.92 Å². The summed E-state index contributed by atoms with van der Waals surface area (Å²) in [5, 5.41) is 0. The van der Waals surface area contributed by atoms with Gasteiger partial charge >= 0.3 is 0 Å². The van der Waals surface area contributed by atoms with Crippen molar-refractivity contribution in [3.63, 3.8) is 0 Å². The third kappa shape index (κ3) is 2.62. The van der Waals surface area contributed by atoms with Crippen molar-refractivity contribution in [1.82, 2.24) is 0 Å². The predicted molar refractivity (Wildman–Crippen MR) is 21.2 cm³/mol. The molecular formula is C4H4F5. The van der Waals surface area contributed by atoms with Crippen LogP contribution in [-0.4, -0.2) is 18.5 Å². The van der Waals surface area contributed by atoms with Crippen molar-refractivity contribution < 1.29 is 22.0 Å². The van der Waals surface area contributed by atoms with Crippen molar-refractivity contribution in [2.75, 3.05) is 0 Å². The van der Waals surface area contributed by atoms with Crippen LogP contribution in [0.3, 0.4) is 0 Å². The SMILES string of the molecule is [CH2]C(F)(F)C(F)C(F)F. The largest absolute Gasteiger partial charge is 0.284 e. The Balaban J connectivity index is 3.88. The maximum atomic E-state index is 11.5. The van der Waals surface area contributed by atoms with Crippen LogP contribution in [0.15, 0.2) is 0 Å². The van der Waals surface area contributed by atoms with Gasteiger partial charge in [0.25, 0.3) is 12.3 Å². The fourth-order valence-electron chi connectivity index (χ4n) is 0.184. The van der Waals surface area contributed by atoms with E-state index >= 15 is 0 Å². The monoisotopic (exact) mass is 147 g/mol. The molecule has 0 aliphatic heterocycles. The van der Waals surface area contributed by atoms with Gasteiger partial charge in [-0.2, -0.15) is 0 Å². The van der Waals surface area contributed by atoms with Gasteiger partial charge in [0.1, 0.15) is 0 Å². The van der Waals surface area contributed by atoms with Gasteiger partial charge in [-0.15, -0.1) is 0 Å². The maximum Gasteiger partial charge on any atom is 0.284 e.